The number of hydrogen-bond donors (Lipinski definition) is 2. The van der Waals surface area contributed by atoms with Crippen molar-refractivity contribution < 1.29 is 18.3 Å². The van der Waals surface area contributed by atoms with Crippen molar-refractivity contribution in [1.82, 2.24) is 19.5 Å². The predicted molar refractivity (Wildman–Crippen MR) is 138 cm³/mol. The molecule has 0 saturated carbocycles. The van der Waals surface area contributed by atoms with Gasteiger partial charge in [0.15, 0.2) is 5.65 Å². The first-order valence-electron chi connectivity index (χ1n) is 12.0. The number of rotatable bonds is 5. The molecule has 0 unspecified atom stereocenters. The number of carbonyl (C=O) groups is 1. The molecule has 2 aliphatic heterocycles. The predicted octanol–water partition coefficient (Wildman–Crippen LogP) is 3.00. The standard InChI is InChI=1S/C24H29ClN6O4S/c1-15-13-31-22(26-23(15)29-10-8-17(32)14-29)12-20(27-31)21-5-3-4-9-30(21)24(33)18-11-16(25)6-7-19(18)28-36(2,34)35/h6-7,11-13,17,21,28,32H,3-5,8-10,14H2,1-2H3/t17-,21+/m1/s1. The number of piperidine rings is 1. The van der Waals surface area contributed by atoms with Gasteiger partial charge in [0.2, 0.25) is 10.0 Å². The summed E-state index contributed by atoms with van der Waals surface area (Å²) in [6.07, 6.45) is 5.84. The van der Waals surface area contributed by atoms with Crippen LogP contribution in [0.1, 0.15) is 53.3 Å². The molecule has 0 radical (unpaired) electrons. The summed E-state index contributed by atoms with van der Waals surface area (Å²) in [6, 6.07) is 6.17. The molecular formula is C24H29ClN6O4S. The average molecular weight is 533 g/mol. The van der Waals surface area contributed by atoms with Gasteiger partial charge in [0, 0.05) is 42.5 Å². The van der Waals surface area contributed by atoms with Gasteiger partial charge >= 0.3 is 0 Å². The lowest BCUT2D eigenvalue weighted by Gasteiger charge is -2.35. The number of aliphatic hydroxyl groups is 1. The molecule has 2 fully saturated rings. The Morgan fingerprint density at radius 1 is 1.19 bits per heavy atom. The number of amides is 1. The van der Waals surface area contributed by atoms with E-state index in [0.29, 0.717) is 23.8 Å². The summed E-state index contributed by atoms with van der Waals surface area (Å²) in [5.41, 5.74) is 2.76. The van der Waals surface area contributed by atoms with Gasteiger partial charge in [-0.05, 0) is 50.8 Å². The molecule has 2 aromatic heterocycles. The quantitative estimate of drug-likeness (QED) is 0.518. The molecule has 10 nitrogen and oxygen atoms in total. The number of nitrogens with one attached hydrogen (secondary N) is 1. The zero-order valence-corrected chi connectivity index (χ0v) is 21.8. The Labute approximate surface area is 214 Å². The van der Waals surface area contributed by atoms with E-state index >= 15 is 0 Å². The second-order valence-electron chi connectivity index (χ2n) is 9.58. The maximum Gasteiger partial charge on any atom is 0.256 e. The molecule has 3 aromatic rings. The third-order valence-corrected chi connectivity index (χ3v) is 7.53. The summed E-state index contributed by atoms with van der Waals surface area (Å²) in [4.78, 5) is 22.4. The third-order valence-electron chi connectivity index (χ3n) is 6.70. The van der Waals surface area contributed by atoms with Gasteiger partial charge in [0.25, 0.3) is 5.91 Å². The van der Waals surface area contributed by atoms with Crippen LogP contribution in [-0.2, 0) is 10.0 Å². The Morgan fingerprint density at radius 2 is 2.00 bits per heavy atom. The van der Waals surface area contributed by atoms with E-state index in [0.717, 1.165) is 55.6 Å². The lowest BCUT2D eigenvalue weighted by molar-refractivity contribution is 0.0607. The third kappa shape index (κ3) is 5.00. The topological polar surface area (TPSA) is 120 Å². The number of nitrogens with zero attached hydrogens (tertiary/aromatic N) is 5. The first-order chi connectivity index (χ1) is 17.1. The number of benzene rings is 1. The van der Waals surface area contributed by atoms with Gasteiger partial charge in [-0.2, -0.15) is 5.10 Å². The van der Waals surface area contributed by atoms with Crippen molar-refractivity contribution in [2.45, 2.75) is 44.8 Å². The van der Waals surface area contributed by atoms with Gasteiger partial charge in [-0.3, -0.25) is 9.52 Å². The molecular weight excluding hydrogens is 504 g/mol. The van der Waals surface area contributed by atoms with Crippen molar-refractivity contribution in [2.24, 2.45) is 0 Å². The molecule has 5 rings (SSSR count). The van der Waals surface area contributed by atoms with Gasteiger partial charge in [0.05, 0.1) is 35.3 Å². The number of fused-ring (bicyclic) bond motifs is 1. The molecule has 2 saturated heterocycles. The molecule has 1 amide bonds. The van der Waals surface area contributed by atoms with E-state index < -0.39 is 10.0 Å². The van der Waals surface area contributed by atoms with Crippen LogP contribution in [-0.4, -0.2) is 70.9 Å². The minimum absolute atomic E-state index is 0.195. The Bertz CT molecular complexity index is 1430. The summed E-state index contributed by atoms with van der Waals surface area (Å²) >= 11 is 6.18. The number of aliphatic hydroxyl groups excluding tert-OH is 1. The Kier molecular flexibility index (Phi) is 6.56. The highest BCUT2D eigenvalue weighted by atomic mass is 35.5. The first-order valence-corrected chi connectivity index (χ1v) is 14.2. The number of sulfonamides is 1. The number of aryl methyl sites for hydroxylation is 1. The summed E-state index contributed by atoms with van der Waals surface area (Å²) in [5, 5.41) is 15.0. The SMILES string of the molecule is Cc1cn2nc([C@@H]3CCCCN3C(=O)c3cc(Cl)ccc3NS(C)(=O)=O)cc2nc1N1CC[C@@H](O)C1. The number of likely N-dealkylation sites (tertiary alicyclic amines) is 1. The molecule has 2 N–H and O–H groups in total. The van der Waals surface area contributed by atoms with Crippen molar-refractivity contribution in [3.63, 3.8) is 0 Å². The van der Waals surface area contributed by atoms with Crippen LogP contribution in [0.5, 0.6) is 0 Å². The van der Waals surface area contributed by atoms with E-state index in [-0.39, 0.29) is 29.3 Å². The number of β-amino-alcohol motifs (C(OH)–C–C–N with tert-alkyl or cyclic N) is 1. The molecule has 0 spiro atoms. The number of carbonyl (C=O) groups excluding carboxylic acids is 1. The van der Waals surface area contributed by atoms with E-state index in [1.165, 1.54) is 12.1 Å². The largest absolute Gasteiger partial charge is 0.391 e. The van der Waals surface area contributed by atoms with Gasteiger partial charge in [-0.1, -0.05) is 11.6 Å². The summed E-state index contributed by atoms with van der Waals surface area (Å²) < 4.78 is 27.9. The first kappa shape index (κ1) is 24.8. The van der Waals surface area contributed by atoms with Crippen LogP contribution in [0.15, 0.2) is 30.5 Å². The van der Waals surface area contributed by atoms with Crippen LogP contribution in [0, 0.1) is 6.92 Å². The van der Waals surface area contributed by atoms with E-state index in [1.807, 2.05) is 19.2 Å². The Morgan fingerprint density at radius 3 is 2.72 bits per heavy atom. The van der Waals surface area contributed by atoms with Gasteiger partial charge in [-0.25, -0.2) is 17.9 Å². The highest BCUT2D eigenvalue weighted by Gasteiger charge is 2.32. The zero-order chi connectivity index (χ0) is 25.6. The summed E-state index contributed by atoms with van der Waals surface area (Å²) in [7, 11) is -3.59. The van der Waals surface area contributed by atoms with Gasteiger partial charge < -0.3 is 14.9 Å². The second-order valence-corrected chi connectivity index (χ2v) is 11.8. The van der Waals surface area contributed by atoms with Gasteiger partial charge in [0.1, 0.15) is 5.82 Å². The van der Waals surface area contributed by atoms with Crippen LogP contribution in [0.3, 0.4) is 0 Å². The van der Waals surface area contributed by atoms with E-state index in [1.54, 1.807) is 15.5 Å². The number of halogens is 1. The molecule has 12 heteroatoms. The zero-order valence-electron chi connectivity index (χ0n) is 20.2. The van der Waals surface area contributed by atoms with E-state index in [9.17, 15) is 18.3 Å². The van der Waals surface area contributed by atoms with Crippen molar-refractivity contribution in [3.8, 4) is 0 Å². The Hall–Kier alpha value is -2.89. The van der Waals surface area contributed by atoms with Crippen LogP contribution in [0.2, 0.25) is 5.02 Å². The fourth-order valence-corrected chi connectivity index (χ4v) is 5.80. The average Bonchev–Trinajstić information content (AvgIpc) is 3.44. The monoisotopic (exact) mass is 532 g/mol. The number of hydrogen-bond acceptors (Lipinski definition) is 7. The maximum absolute atomic E-state index is 13.7. The van der Waals surface area contributed by atoms with Gasteiger partial charge in [-0.15, -0.1) is 0 Å². The van der Waals surface area contributed by atoms with Crippen LogP contribution in [0.4, 0.5) is 11.5 Å². The number of anilines is 2. The molecule has 0 bridgehead atoms. The highest BCUT2D eigenvalue weighted by Crippen LogP contribution is 2.34. The van der Waals surface area contributed by atoms with E-state index in [2.05, 4.69) is 9.62 Å². The summed E-state index contributed by atoms with van der Waals surface area (Å²) in [6.45, 7) is 3.80. The molecule has 192 valence electrons. The maximum atomic E-state index is 13.7. The molecule has 4 heterocycles. The lowest BCUT2D eigenvalue weighted by atomic mass is 9.98. The van der Waals surface area contributed by atoms with Crippen LogP contribution >= 0.6 is 11.6 Å². The van der Waals surface area contributed by atoms with Crippen LogP contribution < -0.4 is 9.62 Å². The van der Waals surface area contributed by atoms with Crippen molar-refractivity contribution in [2.75, 3.05) is 35.5 Å². The van der Waals surface area contributed by atoms with Crippen molar-refractivity contribution in [3.05, 3.63) is 52.3 Å². The molecule has 2 aliphatic rings. The molecule has 2 atom stereocenters. The second kappa shape index (κ2) is 9.53. The molecule has 0 aliphatic carbocycles. The highest BCUT2D eigenvalue weighted by molar-refractivity contribution is 7.92. The van der Waals surface area contributed by atoms with Crippen molar-refractivity contribution >= 4 is 44.7 Å². The minimum atomic E-state index is -3.59. The lowest BCUT2D eigenvalue weighted by Crippen LogP contribution is -2.39. The van der Waals surface area contributed by atoms with Crippen molar-refractivity contribution in [1.29, 1.82) is 0 Å². The smallest absolute Gasteiger partial charge is 0.256 e. The molecule has 36 heavy (non-hydrogen) atoms. The summed E-state index contributed by atoms with van der Waals surface area (Å²) in [5.74, 6) is 0.527. The minimum Gasteiger partial charge on any atom is -0.391 e. The normalized spacial score (nSPS) is 20.8. The Balaban J connectivity index is 1.49. The molecule has 1 aromatic carbocycles. The number of aromatic nitrogens is 3. The fraction of sp³-hybridized carbons (Fsp3) is 0.458. The van der Waals surface area contributed by atoms with Crippen LogP contribution in [0.25, 0.3) is 5.65 Å². The fourth-order valence-electron chi connectivity index (χ4n) is 5.06. The van der Waals surface area contributed by atoms with E-state index in [4.69, 9.17) is 21.7 Å².